The fourth-order valence-corrected chi connectivity index (χ4v) is 2.28. The number of thiophene rings is 1. The van der Waals surface area contributed by atoms with Gasteiger partial charge < -0.3 is 11.1 Å². The standard InChI is InChI=1S/C12H20N2OS/c1-4-9-5-6-11(16-9)12(15)14-10(7-13)8(2)3/h5-6,8,10H,4,7,13H2,1-3H3,(H,14,15). The van der Waals surface area contributed by atoms with Crippen molar-refractivity contribution in [2.75, 3.05) is 6.54 Å². The van der Waals surface area contributed by atoms with Crippen molar-refractivity contribution in [3.63, 3.8) is 0 Å². The summed E-state index contributed by atoms with van der Waals surface area (Å²) in [6, 6.07) is 3.94. The van der Waals surface area contributed by atoms with E-state index in [1.165, 1.54) is 4.88 Å². The third-order valence-electron chi connectivity index (χ3n) is 2.61. The number of rotatable bonds is 5. The molecule has 0 bridgehead atoms. The molecule has 0 radical (unpaired) electrons. The van der Waals surface area contributed by atoms with Gasteiger partial charge in [-0.05, 0) is 24.5 Å². The largest absolute Gasteiger partial charge is 0.347 e. The molecule has 1 atom stereocenters. The Bertz CT molecular complexity index is 347. The molecule has 3 N–H and O–H groups in total. The van der Waals surface area contributed by atoms with Crippen LogP contribution in [0.1, 0.15) is 35.3 Å². The van der Waals surface area contributed by atoms with Gasteiger partial charge in [-0.2, -0.15) is 0 Å². The molecule has 0 aliphatic rings. The Kier molecular flexibility index (Phi) is 4.96. The molecule has 90 valence electrons. The quantitative estimate of drug-likeness (QED) is 0.827. The van der Waals surface area contributed by atoms with Gasteiger partial charge in [0, 0.05) is 17.5 Å². The molecule has 0 aliphatic heterocycles. The zero-order valence-corrected chi connectivity index (χ0v) is 10.9. The third-order valence-corrected chi connectivity index (χ3v) is 3.84. The second-order valence-corrected chi connectivity index (χ2v) is 5.35. The van der Waals surface area contributed by atoms with Crippen LogP contribution >= 0.6 is 11.3 Å². The van der Waals surface area contributed by atoms with Gasteiger partial charge in [-0.15, -0.1) is 11.3 Å². The van der Waals surface area contributed by atoms with E-state index < -0.39 is 0 Å². The van der Waals surface area contributed by atoms with Crippen LogP contribution in [0.3, 0.4) is 0 Å². The zero-order chi connectivity index (χ0) is 12.1. The fraction of sp³-hybridized carbons (Fsp3) is 0.583. The van der Waals surface area contributed by atoms with Crippen molar-refractivity contribution < 1.29 is 4.79 Å². The Morgan fingerprint density at radius 2 is 2.19 bits per heavy atom. The van der Waals surface area contributed by atoms with Crippen molar-refractivity contribution in [2.45, 2.75) is 33.2 Å². The van der Waals surface area contributed by atoms with E-state index in [0.29, 0.717) is 12.5 Å². The van der Waals surface area contributed by atoms with Crippen LogP contribution in [0.5, 0.6) is 0 Å². The topological polar surface area (TPSA) is 55.1 Å². The lowest BCUT2D eigenvalue weighted by atomic mass is 10.0. The number of carbonyl (C=O) groups is 1. The van der Waals surface area contributed by atoms with Crippen LogP contribution in [0, 0.1) is 5.92 Å². The number of nitrogens with one attached hydrogen (secondary N) is 1. The maximum atomic E-state index is 11.9. The van der Waals surface area contributed by atoms with Crippen LogP contribution < -0.4 is 11.1 Å². The van der Waals surface area contributed by atoms with E-state index in [9.17, 15) is 4.79 Å². The number of hydrogen-bond acceptors (Lipinski definition) is 3. The summed E-state index contributed by atoms with van der Waals surface area (Å²) in [5, 5.41) is 2.97. The summed E-state index contributed by atoms with van der Waals surface area (Å²) in [5.74, 6) is 0.355. The number of nitrogens with two attached hydrogens (primary N) is 1. The maximum Gasteiger partial charge on any atom is 0.261 e. The van der Waals surface area contributed by atoms with Crippen molar-refractivity contribution in [3.8, 4) is 0 Å². The van der Waals surface area contributed by atoms with Crippen LogP contribution in [-0.2, 0) is 6.42 Å². The minimum atomic E-state index is -0.00569. The highest BCUT2D eigenvalue weighted by Gasteiger charge is 2.16. The Morgan fingerprint density at radius 1 is 1.50 bits per heavy atom. The summed E-state index contributed by atoms with van der Waals surface area (Å²) < 4.78 is 0. The van der Waals surface area contributed by atoms with Gasteiger partial charge in [0.25, 0.3) is 5.91 Å². The molecule has 0 fully saturated rings. The lowest BCUT2D eigenvalue weighted by Crippen LogP contribution is -2.43. The molecule has 1 unspecified atom stereocenters. The predicted octanol–water partition coefficient (Wildman–Crippen LogP) is 2.02. The van der Waals surface area contributed by atoms with Crippen molar-refractivity contribution in [3.05, 3.63) is 21.9 Å². The molecule has 1 rings (SSSR count). The molecule has 0 spiro atoms. The highest BCUT2D eigenvalue weighted by Crippen LogP contribution is 2.17. The Morgan fingerprint density at radius 3 is 2.62 bits per heavy atom. The maximum absolute atomic E-state index is 11.9. The van der Waals surface area contributed by atoms with Gasteiger partial charge >= 0.3 is 0 Å². The molecule has 1 amide bonds. The van der Waals surface area contributed by atoms with Gasteiger partial charge in [0.2, 0.25) is 0 Å². The van der Waals surface area contributed by atoms with E-state index >= 15 is 0 Å². The summed E-state index contributed by atoms with van der Waals surface area (Å²) in [6.45, 7) is 6.69. The zero-order valence-electron chi connectivity index (χ0n) is 10.1. The van der Waals surface area contributed by atoms with E-state index in [-0.39, 0.29) is 11.9 Å². The van der Waals surface area contributed by atoms with E-state index in [1.54, 1.807) is 11.3 Å². The van der Waals surface area contributed by atoms with Crippen LogP contribution in [-0.4, -0.2) is 18.5 Å². The Balaban J connectivity index is 2.64. The smallest absolute Gasteiger partial charge is 0.261 e. The molecule has 4 heteroatoms. The first-order valence-corrected chi connectivity index (χ1v) is 6.49. The van der Waals surface area contributed by atoms with E-state index in [2.05, 4.69) is 26.1 Å². The number of aryl methyl sites for hydroxylation is 1. The van der Waals surface area contributed by atoms with Crippen molar-refractivity contribution in [1.82, 2.24) is 5.32 Å². The highest BCUT2D eigenvalue weighted by atomic mass is 32.1. The van der Waals surface area contributed by atoms with Crippen LogP contribution in [0.4, 0.5) is 0 Å². The first kappa shape index (κ1) is 13.2. The molecule has 16 heavy (non-hydrogen) atoms. The monoisotopic (exact) mass is 240 g/mol. The van der Waals surface area contributed by atoms with Gasteiger partial charge in [-0.1, -0.05) is 20.8 Å². The normalized spacial score (nSPS) is 12.8. The summed E-state index contributed by atoms with van der Waals surface area (Å²) in [4.78, 5) is 13.9. The SMILES string of the molecule is CCc1ccc(C(=O)NC(CN)C(C)C)s1. The Hall–Kier alpha value is -0.870. The molecule has 0 aromatic carbocycles. The predicted molar refractivity (Wildman–Crippen MR) is 68.8 cm³/mol. The van der Waals surface area contributed by atoms with Crippen molar-refractivity contribution in [1.29, 1.82) is 0 Å². The molecule has 0 saturated carbocycles. The summed E-state index contributed by atoms with van der Waals surface area (Å²) in [6.07, 6.45) is 0.975. The van der Waals surface area contributed by atoms with E-state index in [4.69, 9.17) is 5.73 Å². The minimum absolute atomic E-state index is 0.00569. The first-order chi connectivity index (χ1) is 7.58. The van der Waals surface area contributed by atoms with Crippen molar-refractivity contribution >= 4 is 17.2 Å². The number of hydrogen-bond donors (Lipinski definition) is 2. The van der Waals surface area contributed by atoms with Gasteiger partial charge in [0.1, 0.15) is 0 Å². The lowest BCUT2D eigenvalue weighted by molar-refractivity contribution is 0.0932. The molecular weight excluding hydrogens is 220 g/mol. The summed E-state index contributed by atoms with van der Waals surface area (Å²) in [7, 11) is 0. The first-order valence-electron chi connectivity index (χ1n) is 5.68. The third kappa shape index (κ3) is 3.32. The van der Waals surface area contributed by atoms with E-state index in [0.717, 1.165) is 11.3 Å². The summed E-state index contributed by atoms with van der Waals surface area (Å²) in [5.41, 5.74) is 5.62. The molecule has 1 heterocycles. The lowest BCUT2D eigenvalue weighted by Gasteiger charge is -2.19. The number of carbonyl (C=O) groups excluding carboxylic acids is 1. The van der Waals surface area contributed by atoms with Gasteiger partial charge in [0.15, 0.2) is 0 Å². The molecule has 1 aromatic heterocycles. The second kappa shape index (κ2) is 6.01. The van der Waals surface area contributed by atoms with Crippen LogP contribution in [0.25, 0.3) is 0 Å². The average molecular weight is 240 g/mol. The second-order valence-electron chi connectivity index (χ2n) is 4.18. The Labute approximate surface area is 101 Å². The van der Waals surface area contributed by atoms with Gasteiger partial charge in [0.05, 0.1) is 4.88 Å². The molecule has 0 saturated heterocycles. The van der Waals surface area contributed by atoms with Crippen LogP contribution in [0.15, 0.2) is 12.1 Å². The summed E-state index contributed by atoms with van der Waals surface area (Å²) >= 11 is 1.55. The molecule has 3 nitrogen and oxygen atoms in total. The van der Waals surface area contributed by atoms with Gasteiger partial charge in [-0.3, -0.25) is 4.79 Å². The molecule has 1 aromatic rings. The highest BCUT2D eigenvalue weighted by molar-refractivity contribution is 7.14. The van der Waals surface area contributed by atoms with Crippen molar-refractivity contribution in [2.24, 2.45) is 11.7 Å². The fourth-order valence-electron chi connectivity index (χ4n) is 1.43. The van der Waals surface area contributed by atoms with E-state index in [1.807, 2.05) is 12.1 Å². The van der Waals surface area contributed by atoms with Crippen LogP contribution in [0.2, 0.25) is 0 Å². The van der Waals surface area contributed by atoms with Gasteiger partial charge in [-0.25, -0.2) is 0 Å². The molecular formula is C12H20N2OS. The minimum Gasteiger partial charge on any atom is -0.347 e. The molecule has 0 aliphatic carbocycles. The average Bonchev–Trinajstić information content (AvgIpc) is 2.73. The number of amides is 1.